The van der Waals surface area contributed by atoms with Gasteiger partial charge in [0.2, 0.25) is 0 Å². The molecule has 4 heteroatoms. The van der Waals surface area contributed by atoms with Gasteiger partial charge in [0.05, 0.1) is 0 Å². The molecule has 0 saturated carbocycles. The van der Waals surface area contributed by atoms with Crippen LogP contribution in [0.2, 0.25) is 0 Å². The van der Waals surface area contributed by atoms with Crippen LogP contribution in [-0.2, 0) is 5.75 Å². The molecule has 1 aromatic carbocycles. The van der Waals surface area contributed by atoms with Crippen LogP contribution in [0.15, 0.2) is 24.3 Å². The number of hydrogen-bond acceptors (Lipinski definition) is 3. The maximum Gasteiger partial charge on any atom is 0.253 e. The quantitative estimate of drug-likeness (QED) is 0.907. The van der Waals surface area contributed by atoms with Crippen molar-refractivity contribution in [1.82, 2.24) is 4.90 Å². The van der Waals surface area contributed by atoms with Gasteiger partial charge >= 0.3 is 0 Å². The molecule has 1 aromatic rings. The molecule has 1 fully saturated rings. The Hall–Kier alpha value is -1.00. The second kappa shape index (κ2) is 7.70. The molecule has 2 rings (SSSR count). The average Bonchev–Trinajstić information content (AvgIpc) is 2.53. The Bertz CT molecular complexity index is 425. The fraction of sp³-hybridized carbons (Fsp3) is 0.562. The van der Waals surface area contributed by atoms with Gasteiger partial charge in [-0.3, -0.25) is 4.79 Å². The van der Waals surface area contributed by atoms with Crippen LogP contribution < -0.4 is 5.73 Å². The lowest BCUT2D eigenvalue weighted by atomic mass is 9.96. The van der Waals surface area contributed by atoms with E-state index in [1.165, 1.54) is 5.56 Å². The lowest BCUT2D eigenvalue weighted by Crippen LogP contribution is -2.40. The zero-order chi connectivity index (χ0) is 14.4. The van der Waals surface area contributed by atoms with E-state index in [2.05, 4.69) is 19.1 Å². The lowest BCUT2D eigenvalue weighted by molar-refractivity contribution is 0.0693. The van der Waals surface area contributed by atoms with Crippen molar-refractivity contribution in [3.8, 4) is 0 Å². The number of hydrogen-bond donors (Lipinski definition) is 1. The summed E-state index contributed by atoms with van der Waals surface area (Å²) in [5.41, 5.74) is 7.78. The number of amides is 1. The highest BCUT2D eigenvalue weighted by Crippen LogP contribution is 2.19. The maximum atomic E-state index is 12.4. The van der Waals surface area contributed by atoms with Gasteiger partial charge in [0.25, 0.3) is 5.91 Å². The third-order valence-corrected chi connectivity index (χ3v) is 4.85. The highest BCUT2D eigenvalue weighted by atomic mass is 32.2. The number of likely N-dealkylation sites (tertiary alicyclic amines) is 1. The number of piperidine rings is 1. The largest absolute Gasteiger partial charge is 0.339 e. The van der Waals surface area contributed by atoms with E-state index < -0.39 is 0 Å². The van der Waals surface area contributed by atoms with Crippen LogP contribution >= 0.6 is 11.8 Å². The number of carbonyl (C=O) groups is 1. The van der Waals surface area contributed by atoms with Crippen LogP contribution in [0.25, 0.3) is 0 Å². The molecule has 0 spiro atoms. The third kappa shape index (κ3) is 4.00. The number of benzene rings is 1. The highest BCUT2D eigenvalue weighted by molar-refractivity contribution is 7.98. The van der Waals surface area contributed by atoms with E-state index in [1.54, 1.807) is 0 Å². The molecule has 3 nitrogen and oxygen atoms in total. The molecule has 1 aliphatic heterocycles. The maximum absolute atomic E-state index is 12.4. The summed E-state index contributed by atoms with van der Waals surface area (Å²) in [5.74, 6) is 2.89. The van der Waals surface area contributed by atoms with E-state index in [4.69, 9.17) is 5.73 Å². The van der Waals surface area contributed by atoms with Crippen molar-refractivity contribution in [2.75, 3.05) is 25.4 Å². The van der Waals surface area contributed by atoms with Crippen LogP contribution in [0.3, 0.4) is 0 Å². The number of rotatable bonds is 5. The highest BCUT2D eigenvalue weighted by Gasteiger charge is 2.22. The van der Waals surface area contributed by atoms with Gasteiger partial charge in [-0.2, -0.15) is 11.8 Å². The normalized spacial score (nSPS) is 16.4. The SMILES string of the molecule is CCSCc1ccc(C(=O)N2CCC(CN)CC2)cc1. The van der Waals surface area contributed by atoms with Crippen molar-refractivity contribution in [3.05, 3.63) is 35.4 Å². The first-order valence-corrected chi connectivity index (χ1v) is 8.56. The Balaban J connectivity index is 1.92. The predicted octanol–water partition coefficient (Wildman–Crippen LogP) is 2.75. The van der Waals surface area contributed by atoms with Crippen LogP contribution in [0.1, 0.15) is 35.7 Å². The molecular weight excluding hydrogens is 268 g/mol. The van der Waals surface area contributed by atoms with Crippen LogP contribution in [-0.4, -0.2) is 36.2 Å². The third-order valence-electron chi connectivity index (χ3n) is 3.91. The van der Waals surface area contributed by atoms with Gasteiger partial charge < -0.3 is 10.6 Å². The van der Waals surface area contributed by atoms with Crippen LogP contribution in [0.4, 0.5) is 0 Å². The smallest absolute Gasteiger partial charge is 0.253 e. The number of carbonyl (C=O) groups excluding carboxylic acids is 1. The monoisotopic (exact) mass is 292 g/mol. The van der Waals surface area contributed by atoms with Crippen molar-refractivity contribution < 1.29 is 4.79 Å². The molecule has 0 bridgehead atoms. The summed E-state index contributed by atoms with van der Waals surface area (Å²) in [6.07, 6.45) is 2.07. The molecule has 2 N–H and O–H groups in total. The van der Waals surface area contributed by atoms with E-state index in [1.807, 2.05) is 28.8 Å². The van der Waals surface area contributed by atoms with E-state index in [9.17, 15) is 4.79 Å². The first-order chi connectivity index (χ1) is 9.74. The van der Waals surface area contributed by atoms with Crippen molar-refractivity contribution in [1.29, 1.82) is 0 Å². The van der Waals surface area contributed by atoms with Crippen molar-refractivity contribution in [3.63, 3.8) is 0 Å². The molecule has 0 aromatic heterocycles. The number of nitrogens with two attached hydrogens (primary N) is 1. The Morgan fingerprint density at radius 2 is 1.95 bits per heavy atom. The second-order valence-corrected chi connectivity index (χ2v) is 6.58. The van der Waals surface area contributed by atoms with Gasteiger partial charge in [0.15, 0.2) is 0 Å². The zero-order valence-electron chi connectivity index (χ0n) is 12.2. The summed E-state index contributed by atoms with van der Waals surface area (Å²) >= 11 is 1.90. The Morgan fingerprint density at radius 1 is 1.30 bits per heavy atom. The molecule has 1 amide bonds. The Labute approximate surface area is 125 Å². The molecule has 0 radical (unpaired) electrons. The van der Waals surface area contributed by atoms with Crippen LogP contribution in [0, 0.1) is 5.92 Å². The minimum Gasteiger partial charge on any atom is -0.339 e. The van der Waals surface area contributed by atoms with Gasteiger partial charge in [-0.05, 0) is 48.8 Å². The molecular formula is C16H24N2OS. The van der Waals surface area contributed by atoms with E-state index in [-0.39, 0.29) is 5.91 Å². The summed E-state index contributed by atoms with van der Waals surface area (Å²) in [5, 5.41) is 0. The minimum atomic E-state index is 0.162. The molecule has 0 atom stereocenters. The van der Waals surface area contributed by atoms with Gasteiger partial charge in [0, 0.05) is 24.4 Å². The van der Waals surface area contributed by atoms with Gasteiger partial charge in [-0.1, -0.05) is 19.1 Å². The molecule has 1 heterocycles. The number of thioether (sulfide) groups is 1. The molecule has 0 unspecified atom stereocenters. The lowest BCUT2D eigenvalue weighted by Gasteiger charge is -2.31. The summed E-state index contributed by atoms with van der Waals surface area (Å²) in [4.78, 5) is 14.4. The summed E-state index contributed by atoms with van der Waals surface area (Å²) in [6.45, 7) is 4.58. The molecule has 1 saturated heterocycles. The molecule has 0 aliphatic carbocycles. The van der Waals surface area contributed by atoms with Gasteiger partial charge in [-0.25, -0.2) is 0 Å². The summed E-state index contributed by atoms with van der Waals surface area (Å²) < 4.78 is 0. The van der Waals surface area contributed by atoms with E-state index in [0.29, 0.717) is 5.92 Å². The van der Waals surface area contributed by atoms with Gasteiger partial charge in [0.1, 0.15) is 0 Å². The van der Waals surface area contributed by atoms with E-state index >= 15 is 0 Å². The van der Waals surface area contributed by atoms with E-state index in [0.717, 1.165) is 49.5 Å². The minimum absolute atomic E-state index is 0.162. The van der Waals surface area contributed by atoms with Crippen LogP contribution in [0.5, 0.6) is 0 Å². The fourth-order valence-corrected chi connectivity index (χ4v) is 3.15. The molecule has 110 valence electrons. The second-order valence-electron chi connectivity index (χ2n) is 5.31. The fourth-order valence-electron chi connectivity index (χ4n) is 2.52. The first kappa shape index (κ1) is 15.4. The Kier molecular flexibility index (Phi) is 5.92. The van der Waals surface area contributed by atoms with Crippen molar-refractivity contribution >= 4 is 17.7 Å². The Morgan fingerprint density at radius 3 is 2.50 bits per heavy atom. The average molecular weight is 292 g/mol. The molecule has 1 aliphatic rings. The first-order valence-electron chi connectivity index (χ1n) is 7.40. The van der Waals surface area contributed by atoms with Crippen molar-refractivity contribution in [2.45, 2.75) is 25.5 Å². The molecule has 20 heavy (non-hydrogen) atoms. The predicted molar refractivity (Wildman–Crippen MR) is 86.0 cm³/mol. The standard InChI is InChI=1S/C16H24N2OS/c1-2-20-12-14-3-5-15(6-4-14)16(19)18-9-7-13(11-17)8-10-18/h3-6,13H,2,7-12,17H2,1H3. The topological polar surface area (TPSA) is 46.3 Å². The summed E-state index contributed by atoms with van der Waals surface area (Å²) in [6, 6.07) is 8.07. The van der Waals surface area contributed by atoms with Crippen molar-refractivity contribution in [2.24, 2.45) is 11.7 Å². The number of nitrogens with zero attached hydrogens (tertiary/aromatic N) is 1. The zero-order valence-corrected chi connectivity index (χ0v) is 13.0. The summed E-state index contributed by atoms with van der Waals surface area (Å²) in [7, 11) is 0. The van der Waals surface area contributed by atoms with Gasteiger partial charge in [-0.15, -0.1) is 0 Å².